The predicted molar refractivity (Wildman–Crippen MR) is 90.6 cm³/mol. The molecule has 1 N–H and O–H groups in total. The van der Waals surface area contributed by atoms with Gasteiger partial charge in [0, 0.05) is 17.7 Å². The number of pyridine rings is 1. The molecule has 22 heavy (non-hydrogen) atoms. The zero-order valence-electron chi connectivity index (χ0n) is 12.3. The molecule has 0 saturated carbocycles. The van der Waals surface area contributed by atoms with Crippen molar-refractivity contribution in [2.45, 2.75) is 6.92 Å². The minimum atomic E-state index is -0.165. The molecule has 3 aromatic rings. The third-order valence-electron chi connectivity index (χ3n) is 3.49. The second-order valence-corrected chi connectivity index (χ2v) is 5.06. The fraction of sp³-hybridized carbons (Fsp3) is 0.0526. The van der Waals surface area contributed by atoms with Gasteiger partial charge in [0.1, 0.15) is 0 Å². The molecule has 0 saturated heterocycles. The van der Waals surface area contributed by atoms with Gasteiger partial charge in [-0.25, -0.2) is 0 Å². The number of hydrogen-bond donors (Lipinski definition) is 1. The van der Waals surface area contributed by atoms with Gasteiger partial charge in [-0.2, -0.15) is 0 Å². The Hall–Kier alpha value is -2.94. The van der Waals surface area contributed by atoms with Gasteiger partial charge in [0.25, 0.3) is 0 Å². The van der Waals surface area contributed by atoms with Crippen LogP contribution in [0.15, 0.2) is 66.9 Å². The first-order valence-corrected chi connectivity index (χ1v) is 7.12. The van der Waals surface area contributed by atoms with Crippen LogP contribution in [-0.2, 0) is 4.79 Å². The van der Waals surface area contributed by atoms with E-state index in [0.717, 1.165) is 27.7 Å². The molecule has 1 amide bonds. The van der Waals surface area contributed by atoms with Gasteiger partial charge in [-0.15, -0.1) is 0 Å². The van der Waals surface area contributed by atoms with Gasteiger partial charge < -0.3 is 5.32 Å². The molecule has 0 unspecified atom stereocenters. The first kappa shape index (κ1) is 14.0. The van der Waals surface area contributed by atoms with Crippen molar-refractivity contribution in [1.82, 2.24) is 4.98 Å². The average molecular weight is 288 g/mol. The summed E-state index contributed by atoms with van der Waals surface area (Å²) in [5, 5.41) is 3.89. The summed E-state index contributed by atoms with van der Waals surface area (Å²) < 4.78 is 0. The van der Waals surface area contributed by atoms with Crippen LogP contribution in [-0.4, -0.2) is 10.9 Å². The van der Waals surface area contributed by atoms with Crippen molar-refractivity contribution >= 4 is 28.6 Å². The number of nitrogens with one attached hydrogen (secondary N) is 1. The summed E-state index contributed by atoms with van der Waals surface area (Å²) >= 11 is 0. The molecular formula is C19H16N2O. The first-order valence-electron chi connectivity index (χ1n) is 7.12. The number of hydrogen-bond acceptors (Lipinski definition) is 2. The monoisotopic (exact) mass is 288 g/mol. The molecule has 0 bridgehead atoms. The van der Waals surface area contributed by atoms with Crippen molar-refractivity contribution < 1.29 is 4.79 Å². The summed E-state index contributed by atoms with van der Waals surface area (Å²) in [6, 6.07) is 17.5. The molecule has 0 fully saturated rings. The van der Waals surface area contributed by atoms with Crippen molar-refractivity contribution in [2.75, 3.05) is 5.32 Å². The number of anilines is 1. The van der Waals surface area contributed by atoms with Crippen LogP contribution in [0.25, 0.3) is 17.0 Å². The average Bonchev–Trinajstić information content (AvgIpc) is 2.54. The number of carbonyl (C=O) groups is 1. The molecule has 3 rings (SSSR count). The lowest BCUT2D eigenvalue weighted by Gasteiger charge is -2.06. The second kappa shape index (κ2) is 6.22. The zero-order chi connectivity index (χ0) is 15.4. The first-order chi connectivity index (χ1) is 10.7. The second-order valence-electron chi connectivity index (χ2n) is 5.06. The number of aromatic nitrogens is 1. The Kier molecular flexibility index (Phi) is 3.97. The predicted octanol–water partition coefficient (Wildman–Crippen LogP) is 4.20. The molecule has 3 heteroatoms. The lowest BCUT2D eigenvalue weighted by molar-refractivity contribution is -0.111. The summed E-state index contributed by atoms with van der Waals surface area (Å²) in [6.07, 6.45) is 5.09. The Morgan fingerprint density at radius 2 is 1.86 bits per heavy atom. The largest absolute Gasteiger partial charge is 0.321 e. The van der Waals surface area contributed by atoms with E-state index in [9.17, 15) is 4.79 Å². The zero-order valence-corrected chi connectivity index (χ0v) is 12.3. The van der Waals surface area contributed by atoms with Crippen LogP contribution in [0.3, 0.4) is 0 Å². The third kappa shape index (κ3) is 3.04. The van der Waals surface area contributed by atoms with Crippen LogP contribution < -0.4 is 5.32 Å². The van der Waals surface area contributed by atoms with E-state index < -0.39 is 0 Å². The molecule has 3 nitrogen and oxygen atoms in total. The van der Waals surface area contributed by atoms with Gasteiger partial charge in [0.2, 0.25) is 5.91 Å². The van der Waals surface area contributed by atoms with Crippen LogP contribution in [0.4, 0.5) is 5.69 Å². The lowest BCUT2D eigenvalue weighted by Crippen LogP contribution is -2.08. The number of nitrogens with zero attached hydrogens (tertiary/aromatic N) is 1. The van der Waals surface area contributed by atoms with E-state index in [1.165, 1.54) is 0 Å². The summed E-state index contributed by atoms with van der Waals surface area (Å²) in [5.41, 5.74) is 3.69. The quantitative estimate of drug-likeness (QED) is 0.734. The Bertz CT molecular complexity index is 847. The smallest absolute Gasteiger partial charge is 0.248 e. The summed E-state index contributed by atoms with van der Waals surface area (Å²) in [4.78, 5) is 16.4. The van der Waals surface area contributed by atoms with Gasteiger partial charge >= 0.3 is 0 Å². The van der Waals surface area contributed by atoms with Crippen molar-refractivity contribution in [3.63, 3.8) is 0 Å². The van der Waals surface area contributed by atoms with Crippen molar-refractivity contribution in [3.05, 3.63) is 78.0 Å². The highest BCUT2D eigenvalue weighted by atomic mass is 16.1. The van der Waals surface area contributed by atoms with E-state index in [0.29, 0.717) is 0 Å². The van der Waals surface area contributed by atoms with E-state index >= 15 is 0 Å². The SMILES string of the molecule is Cc1ccccc1/C=C/C(=O)Nc1cccc2cccnc12. The molecule has 1 heterocycles. The highest BCUT2D eigenvalue weighted by Gasteiger charge is 2.04. The van der Waals surface area contributed by atoms with E-state index in [2.05, 4.69) is 10.3 Å². The van der Waals surface area contributed by atoms with Crippen molar-refractivity contribution in [3.8, 4) is 0 Å². The number of aryl methyl sites for hydroxylation is 1. The molecule has 108 valence electrons. The molecule has 2 aromatic carbocycles. The van der Waals surface area contributed by atoms with E-state index in [-0.39, 0.29) is 5.91 Å². The normalized spacial score (nSPS) is 11.0. The Morgan fingerprint density at radius 3 is 2.73 bits per heavy atom. The molecule has 0 aliphatic rings. The van der Waals surface area contributed by atoms with Gasteiger partial charge in [-0.3, -0.25) is 9.78 Å². The number of rotatable bonds is 3. The fourth-order valence-corrected chi connectivity index (χ4v) is 2.32. The maximum Gasteiger partial charge on any atom is 0.248 e. The van der Waals surface area contributed by atoms with Crippen LogP contribution in [0, 0.1) is 6.92 Å². The van der Waals surface area contributed by atoms with Crippen molar-refractivity contribution in [2.24, 2.45) is 0 Å². The van der Waals surface area contributed by atoms with Gasteiger partial charge in [0.15, 0.2) is 0 Å². The number of fused-ring (bicyclic) bond motifs is 1. The van der Waals surface area contributed by atoms with Crippen molar-refractivity contribution in [1.29, 1.82) is 0 Å². The van der Waals surface area contributed by atoms with Gasteiger partial charge in [-0.1, -0.05) is 42.5 Å². The number of amides is 1. The number of benzene rings is 2. The maximum absolute atomic E-state index is 12.1. The number of carbonyl (C=O) groups excluding carboxylic acids is 1. The molecule has 0 spiro atoms. The Morgan fingerprint density at radius 1 is 1.05 bits per heavy atom. The van der Waals surface area contributed by atoms with E-state index in [1.807, 2.05) is 67.6 Å². The summed E-state index contributed by atoms with van der Waals surface area (Å²) in [5.74, 6) is -0.165. The van der Waals surface area contributed by atoms with Gasteiger partial charge in [-0.05, 0) is 36.3 Å². The Labute approximate surface area is 129 Å². The Balaban J connectivity index is 1.81. The summed E-state index contributed by atoms with van der Waals surface area (Å²) in [7, 11) is 0. The molecule has 0 aliphatic heterocycles. The molecule has 0 aliphatic carbocycles. The maximum atomic E-state index is 12.1. The minimum absolute atomic E-state index is 0.165. The molecule has 1 aromatic heterocycles. The highest BCUT2D eigenvalue weighted by molar-refractivity contribution is 6.06. The van der Waals surface area contributed by atoms with Gasteiger partial charge in [0.05, 0.1) is 11.2 Å². The standard InChI is InChI=1S/C19H16N2O/c1-14-6-2-3-7-15(14)11-12-18(22)21-17-10-4-8-16-9-5-13-20-19(16)17/h2-13H,1H3,(H,21,22)/b12-11+. The van der Waals surface area contributed by atoms with E-state index in [4.69, 9.17) is 0 Å². The third-order valence-corrected chi connectivity index (χ3v) is 3.49. The van der Waals surface area contributed by atoms with Crippen LogP contribution in [0.5, 0.6) is 0 Å². The topological polar surface area (TPSA) is 42.0 Å². The number of para-hydroxylation sites is 1. The van der Waals surface area contributed by atoms with Crippen LogP contribution in [0.2, 0.25) is 0 Å². The molecular weight excluding hydrogens is 272 g/mol. The minimum Gasteiger partial charge on any atom is -0.321 e. The fourth-order valence-electron chi connectivity index (χ4n) is 2.32. The summed E-state index contributed by atoms with van der Waals surface area (Å²) in [6.45, 7) is 2.02. The highest BCUT2D eigenvalue weighted by Crippen LogP contribution is 2.20. The van der Waals surface area contributed by atoms with Crippen LogP contribution >= 0.6 is 0 Å². The van der Waals surface area contributed by atoms with E-state index in [1.54, 1.807) is 12.3 Å². The molecule has 0 atom stereocenters. The molecule has 0 radical (unpaired) electrons. The lowest BCUT2D eigenvalue weighted by atomic mass is 10.1. The van der Waals surface area contributed by atoms with Crippen LogP contribution in [0.1, 0.15) is 11.1 Å².